The molecule has 21 heavy (non-hydrogen) atoms. The minimum absolute atomic E-state index is 0.0174. The van der Waals surface area contributed by atoms with Crippen LogP contribution in [0, 0.1) is 5.92 Å². The number of aliphatic hydroxyl groups excluding tert-OH is 1. The number of piperidine rings is 2. The van der Waals surface area contributed by atoms with E-state index in [1.165, 1.54) is 0 Å². The van der Waals surface area contributed by atoms with E-state index in [9.17, 15) is 9.59 Å². The molecule has 7 heteroatoms. The number of hydrogen-bond acceptors (Lipinski definition) is 4. The molecule has 0 bridgehead atoms. The van der Waals surface area contributed by atoms with E-state index in [1.807, 2.05) is 0 Å². The summed E-state index contributed by atoms with van der Waals surface area (Å²) in [5, 5.41) is 17.8. The molecule has 2 aliphatic heterocycles. The van der Waals surface area contributed by atoms with Gasteiger partial charge in [-0.3, -0.25) is 4.79 Å². The smallest absolute Gasteiger partial charge is 0.320 e. The maximum absolute atomic E-state index is 12.4. The van der Waals surface area contributed by atoms with Crippen LogP contribution in [-0.2, 0) is 9.53 Å². The highest BCUT2D eigenvalue weighted by Crippen LogP contribution is 2.20. The monoisotopic (exact) mass is 300 g/mol. The molecule has 0 aromatic carbocycles. The normalized spacial score (nSPS) is 24.1. The van der Waals surface area contributed by atoms with Gasteiger partial charge in [-0.25, -0.2) is 4.79 Å². The van der Waals surface area contributed by atoms with Crippen molar-refractivity contribution in [1.82, 2.24) is 9.80 Å². The molecule has 7 nitrogen and oxygen atoms in total. The fourth-order valence-corrected chi connectivity index (χ4v) is 2.99. The maximum Gasteiger partial charge on any atom is 0.320 e. The lowest BCUT2D eigenvalue weighted by Gasteiger charge is -2.38. The Labute approximate surface area is 124 Å². The highest BCUT2D eigenvalue weighted by Gasteiger charge is 2.32. The van der Waals surface area contributed by atoms with Crippen LogP contribution < -0.4 is 0 Å². The average molecular weight is 300 g/mol. The molecule has 0 aromatic heterocycles. The second-order valence-electron chi connectivity index (χ2n) is 5.69. The van der Waals surface area contributed by atoms with Crippen LogP contribution in [-0.4, -0.2) is 77.5 Å². The van der Waals surface area contributed by atoms with Crippen LogP contribution in [0.5, 0.6) is 0 Å². The Morgan fingerprint density at radius 1 is 1.10 bits per heavy atom. The van der Waals surface area contributed by atoms with Gasteiger partial charge in [0.25, 0.3) is 0 Å². The van der Waals surface area contributed by atoms with Gasteiger partial charge in [0.15, 0.2) is 0 Å². The molecule has 0 aliphatic carbocycles. The Morgan fingerprint density at radius 2 is 1.81 bits per heavy atom. The molecule has 2 saturated heterocycles. The van der Waals surface area contributed by atoms with Gasteiger partial charge in [0.1, 0.15) is 0 Å². The van der Waals surface area contributed by atoms with Crippen LogP contribution in [0.15, 0.2) is 0 Å². The molecule has 0 saturated carbocycles. The molecule has 120 valence electrons. The van der Waals surface area contributed by atoms with E-state index in [1.54, 1.807) is 9.80 Å². The van der Waals surface area contributed by atoms with E-state index in [4.69, 9.17) is 14.9 Å². The second-order valence-corrected chi connectivity index (χ2v) is 5.69. The number of nitrogens with zero attached hydrogens (tertiary/aromatic N) is 2. The van der Waals surface area contributed by atoms with E-state index in [2.05, 4.69) is 0 Å². The first-order valence-electron chi connectivity index (χ1n) is 7.61. The molecule has 2 aliphatic rings. The molecular formula is C14H24N2O5. The molecule has 2 heterocycles. The SMILES string of the molecule is O=C(O)C1CCCN(C(=O)N2CCC(OCCO)CC2)C1. The Morgan fingerprint density at radius 3 is 2.43 bits per heavy atom. The molecule has 2 rings (SSSR count). The maximum atomic E-state index is 12.4. The van der Waals surface area contributed by atoms with Crippen molar-refractivity contribution in [2.45, 2.75) is 31.8 Å². The Balaban J connectivity index is 1.80. The van der Waals surface area contributed by atoms with E-state index in [0.29, 0.717) is 39.2 Å². The summed E-state index contributed by atoms with van der Waals surface area (Å²) in [6, 6.07) is -0.0541. The van der Waals surface area contributed by atoms with Gasteiger partial charge >= 0.3 is 12.0 Å². The van der Waals surface area contributed by atoms with Crippen LogP contribution in [0.1, 0.15) is 25.7 Å². The molecule has 2 fully saturated rings. The third-order valence-corrected chi connectivity index (χ3v) is 4.20. The number of aliphatic hydroxyl groups is 1. The lowest BCUT2D eigenvalue weighted by atomic mass is 9.98. The summed E-state index contributed by atoms with van der Waals surface area (Å²) in [7, 11) is 0. The third-order valence-electron chi connectivity index (χ3n) is 4.20. The minimum atomic E-state index is -0.816. The summed E-state index contributed by atoms with van der Waals surface area (Å²) in [5.74, 6) is -1.25. The Hall–Kier alpha value is -1.34. The van der Waals surface area contributed by atoms with E-state index < -0.39 is 11.9 Å². The van der Waals surface area contributed by atoms with Crippen molar-refractivity contribution >= 4 is 12.0 Å². The quantitative estimate of drug-likeness (QED) is 0.783. The zero-order valence-electron chi connectivity index (χ0n) is 12.2. The number of carbonyl (C=O) groups is 2. The van der Waals surface area contributed by atoms with Gasteiger partial charge in [-0.05, 0) is 25.7 Å². The first-order valence-corrected chi connectivity index (χ1v) is 7.61. The number of carboxylic acids is 1. The van der Waals surface area contributed by atoms with Crippen molar-refractivity contribution < 1.29 is 24.5 Å². The van der Waals surface area contributed by atoms with Gasteiger partial charge in [0.05, 0.1) is 25.2 Å². The molecule has 1 atom stereocenters. The average Bonchev–Trinajstić information content (AvgIpc) is 2.53. The van der Waals surface area contributed by atoms with Gasteiger partial charge in [-0.2, -0.15) is 0 Å². The second kappa shape index (κ2) is 7.61. The summed E-state index contributed by atoms with van der Waals surface area (Å²) in [4.78, 5) is 26.9. The Kier molecular flexibility index (Phi) is 5.81. The molecule has 2 N–H and O–H groups in total. The number of urea groups is 1. The summed E-state index contributed by atoms with van der Waals surface area (Å²) in [5.41, 5.74) is 0. The molecule has 1 unspecified atom stereocenters. The third kappa shape index (κ3) is 4.31. The number of rotatable bonds is 4. The lowest BCUT2D eigenvalue weighted by Crippen LogP contribution is -2.51. The fraction of sp³-hybridized carbons (Fsp3) is 0.857. The summed E-state index contributed by atoms with van der Waals surface area (Å²) in [6.07, 6.45) is 3.04. The van der Waals surface area contributed by atoms with Crippen LogP contribution in [0.25, 0.3) is 0 Å². The number of amides is 2. The minimum Gasteiger partial charge on any atom is -0.481 e. The Bertz CT molecular complexity index is 368. The van der Waals surface area contributed by atoms with Crippen molar-refractivity contribution in [3.05, 3.63) is 0 Å². The largest absolute Gasteiger partial charge is 0.481 e. The summed E-state index contributed by atoms with van der Waals surface area (Å²) in [6.45, 7) is 2.57. The zero-order valence-corrected chi connectivity index (χ0v) is 12.2. The first-order chi connectivity index (χ1) is 10.1. The van der Waals surface area contributed by atoms with Crippen molar-refractivity contribution in [3.8, 4) is 0 Å². The predicted molar refractivity (Wildman–Crippen MR) is 75.0 cm³/mol. The van der Waals surface area contributed by atoms with Crippen LogP contribution in [0.4, 0.5) is 4.79 Å². The first kappa shape index (κ1) is 16.0. The molecule has 2 amide bonds. The van der Waals surface area contributed by atoms with Crippen molar-refractivity contribution in [2.75, 3.05) is 39.4 Å². The van der Waals surface area contributed by atoms with Crippen molar-refractivity contribution in [2.24, 2.45) is 5.92 Å². The number of aliphatic carboxylic acids is 1. The van der Waals surface area contributed by atoms with Crippen molar-refractivity contribution in [1.29, 1.82) is 0 Å². The van der Waals surface area contributed by atoms with Crippen LogP contribution >= 0.6 is 0 Å². The summed E-state index contributed by atoms with van der Waals surface area (Å²) < 4.78 is 5.47. The predicted octanol–water partition coefficient (Wildman–Crippen LogP) is 0.376. The van der Waals surface area contributed by atoms with Crippen LogP contribution in [0.3, 0.4) is 0 Å². The highest BCUT2D eigenvalue weighted by molar-refractivity contribution is 5.76. The number of likely N-dealkylation sites (tertiary alicyclic amines) is 2. The van der Waals surface area contributed by atoms with Gasteiger partial charge in [0.2, 0.25) is 0 Å². The van der Waals surface area contributed by atoms with Gasteiger partial charge < -0.3 is 24.7 Å². The fourth-order valence-electron chi connectivity index (χ4n) is 2.99. The van der Waals surface area contributed by atoms with Gasteiger partial charge in [-0.1, -0.05) is 0 Å². The van der Waals surface area contributed by atoms with E-state index >= 15 is 0 Å². The lowest BCUT2D eigenvalue weighted by molar-refractivity contribution is -0.143. The topological polar surface area (TPSA) is 90.3 Å². The van der Waals surface area contributed by atoms with Crippen LogP contribution in [0.2, 0.25) is 0 Å². The number of carboxylic acid groups (broad SMARTS) is 1. The molecule has 0 aromatic rings. The number of ether oxygens (including phenoxy) is 1. The molecule has 0 spiro atoms. The standard InChI is InChI=1S/C14H24N2O5/c17-8-9-21-12-3-6-15(7-4-12)14(20)16-5-1-2-11(10-16)13(18)19/h11-12,17H,1-10H2,(H,18,19). The van der Waals surface area contributed by atoms with Gasteiger partial charge in [0, 0.05) is 26.2 Å². The molecular weight excluding hydrogens is 276 g/mol. The van der Waals surface area contributed by atoms with E-state index in [-0.39, 0.29) is 18.7 Å². The van der Waals surface area contributed by atoms with Crippen molar-refractivity contribution in [3.63, 3.8) is 0 Å². The van der Waals surface area contributed by atoms with E-state index in [0.717, 1.165) is 19.3 Å². The number of carbonyl (C=O) groups excluding carboxylic acids is 1. The summed E-state index contributed by atoms with van der Waals surface area (Å²) >= 11 is 0. The highest BCUT2D eigenvalue weighted by atomic mass is 16.5. The number of hydrogen-bond donors (Lipinski definition) is 2. The molecule has 0 radical (unpaired) electrons. The zero-order chi connectivity index (χ0) is 15.2. The van der Waals surface area contributed by atoms with Gasteiger partial charge in [-0.15, -0.1) is 0 Å².